The van der Waals surface area contributed by atoms with Crippen LogP contribution in [0.4, 0.5) is 0 Å². The number of rotatable bonds is 7. The van der Waals surface area contributed by atoms with Gasteiger partial charge in [0.1, 0.15) is 5.75 Å². The number of hydrogen-bond donors (Lipinski definition) is 1. The summed E-state index contributed by atoms with van der Waals surface area (Å²) in [5, 5.41) is 11.8. The summed E-state index contributed by atoms with van der Waals surface area (Å²) in [6, 6.07) is 7.33. The molecule has 1 aromatic heterocycles. The van der Waals surface area contributed by atoms with Crippen LogP contribution in [0.15, 0.2) is 33.9 Å². The van der Waals surface area contributed by atoms with Crippen molar-refractivity contribution >= 4 is 29.3 Å². The maximum Gasteiger partial charge on any atom is 0.277 e. The Morgan fingerprint density at radius 2 is 1.96 bits per heavy atom. The van der Waals surface area contributed by atoms with Gasteiger partial charge in [0.15, 0.2) is 6.61 Å². The highest BCUT2D eigenvalue weighted by Crippen LogP contribution is 2.24. The zero-order chi connectivity index (χ0) is 19.1. The van der Waals surface area contributed by atoms with E-state index in [0.717, 1.165) is 12.8 Å². The van der Waals surface area contributed by atoms with Gasteiger partial charge in [0.05, 0.1) is 5.25 Å². The van der Waals surface area contributed by atoms with E-state index in [0.29, 0.717) is 21.9 Å². The summed E-state index contributed by atoms with van der Waals surface area (Å²) in [7, 11) is 0. The van der Waals surface area contributed by atoms with E-state index < -0.39 is 0 Å². The van der Waals surface area contributed by atoms with Crippen LogP contribution in [-0.4, -0.2) is 27.4 Å². The SMILES string of the molecule is C[C@H](Sc1nnc(COc2ccc(Cl)cc2)o1)C(=O)NC1CCCCCC1. The lowest BCUT2D eigenvalue weighted by molar-refractivity contribution is -0.121. The lowest BCUT2D eigenvalue weighted by Gasteiger charge is -2.18. The van der Waals surface area contributed by atoms with Gasteiger partial charge in [-0.15, -0.1) is 10.2 Å². The fourth-order valence-electron chi connectivity index (χ4n) is 2.97. The maximum absolute atomic E-state index is 12.4. The van der Waals surface area contributed by atoms with Gasteiger partial charge >= 0.3 is 0 Å². The number of aromatic nitrogens is 2. The van der Waals surface area contributed by atoms with E-state index in [1.807, 2.05) is 6.92 Å². The molecule has 2 aromatic rings. The molecule has 0 spiro atoms. The number of amides is 1. The Morgan fingerprint density at radius 1 is 1.26 bits per heavy atom. The summed E-state index contributed by atoms with van der Waals surface area (Å²) in [6.45, 7) is 2.02. The molecule has 1 fully saturated rings. The van der Waals surface area contributed by atoms with E-state index in [9.17, 15) is 4.79 Å². The first-order chi connectivity index (χ1) is 13.1. The number of ether oxygens (including phenoxy) is 1. The lowest BCUT2D eigenvalue weighted by atomic mass is 10.1. The van der Waals surface area contributed by atoms with Gasteiger partial charge < -0.3 is 14.5 Å². The maximum atomic E-state index is 12.4. The molecule has 6 nitrogen and oxygen atoms in total. The molecule has 1 N–H and O–H groups in total. The highest BCUT2D eigenvalue weighted by Gasteiger charge is 2.22. The minimum Gasteiger partial charge on any atom is -0.484 e. The van der Waals surface area contributed by atoms with Crippen LogP contribution in [-0.2, 0) is 11.4 Å². The molecule has 0 unspecified atom stereocenters. The predicted molar refractivity (Wildman–Crippen MR) is 105 cm³/mol. The fraction of sp³-hybridized carbons (Fsp3) is 0.526. The molecular weight excluding hydrogens is 386 g/mol. The molecule has 0 radical (unpaired) electrons. The molecule has 1 aliphatic carbocycles. The molecule has 1 heterocycles. The summed E-state index contributed by atoms with van der Waals surface area (Å²) >= 11 is 7.11. The number of halogens is 1. The predicted octanol–water partition coefficient (Wildman–Crippen LogP) is 4.62. The van der Waals surface area contributed by atoms with Crippen molar-refractivity contribution < 1.29 is 13.9 Å². The molecule has 27 heavy (non-hydrogen) atoms. The quantitative estimate of drug-likeness (QED) is 0.531. The van der Waals surface area contributed by atoms with Crippen molar-refractivity contribution in [1.29, 1.82) is 0 Å². The number of benzene rings is 1. The molecule has 0 saturated heterocycles. The molecular formula is C19H24ClN3O3S. The van der Waals surface area contributed by atoms with E-state index in [4.69, 9.17) is 20.8 Å². The third kappa shape index (κ3) is 6.43. The number of hydrogen-bond acceptors (Lipinski definition) is 6. The molecule has 3 rings (SSSR count). The van der Waals surface area contributed by atoms with Crippen molar-refractivity contribution in [1.82, 2.24) is 15.5 Å². The van der Waals surface area contributed by atoms with Gasteiger partial charge in [0.25, 0.3) is 11.1 Å². The average Bonchev–Trinajstić information content (AvgIpc) is 2.94. The van der Waals surface area contributed by atoms with Crippen molar-refractivity contribution in [3.05, 3.63) is 35.2 Å². The van der Waals surface area contributed by atoms with Crippen LogP contribution in [0.5, 0.6) is 5.75 Å². The fourth-order valence-corrected chi connectivity index (χ4v) is 3.80. The first kappa shape index (κ1) is 20.0. The van der Waals surface area contributed by atoms with Crippen LogP contribution in [0.25, 0.3) is 0 Å². The standard InChI is InChI=1S/C19H24ClN3O3S/c1-13(18(24)21-15-6-4-2-3-5-7-15)27-19-23-22-17(26-19)12-25-16-10-8-14(20)9-11-16/h8-11,13,15H,2-7,12H2,1H3,(H,21,24)/t13-/m0/s1. The van der Waals surface area contributed by atoms with Gasteiger partial charge in [0, 0.05) is 11.1 Å². The summed E-state index contributed by atoms with van der Waals surface area (Å²) in [5.74, 6) is 1.05. The van der Waals surface area contributed by atoms with Crippen molar-refractivity contribution in [2.45, 2.75) is 68.6 Å². The van der Waals surface area contributed by atoms with E-state index in [2.05, 4.69) is 15.5 Å². The first-order valence-electron chi connectivity index (χ1n) is 9.28. The Balaban J connectivity index is 1.46. The van der Waals surface area contributed by atoms with E-state index in [1.165, 1.54) is 37.4 Å². The number of carbonyl (C=O) groups excluding carboxylic acids is 1. The van der Waals surface area contributed by atoms with Gasteiger partial charge in [-0.2, -0.15) is 0 Å². The van der Waals surface area contributed by atoms with Gasteiger partial charge in [-0.05, 0) is 44.0 Å². The van der Waals surface area contributed by atoms with Gasteiger partial charge in [0.2, 0.25) is 5.91 Å². The van der Waals surface area contributed by atoms with Crippen LogP contribution >= 0.6 is 23.4 Å². The molecule has 0 bridgehead atoms. The third-order valence-electron chi connectivity index (χ3n) is 4.47. The zero-order valence-electron chi connectivity index (χ0n) is 15.3. The smallest absolute Gasteiger partial charge is 0.277 e. The van der Waals surface area contributed by atoms with Gasteiger partial charge in [-0.3, -0.25) is 4.79 Å². The van der Waals surface area contributed by atoms with Crippen molar-refractivity contribution in [2.24, 2.45) is 0 Å². The second kappa shape index (κ2) is 9.99. The molecule has 1 amide bonds. The van der Waals surface area contributed by atoms with Crippen LogP contribution in [0.1, 0.15) is 51.3 Å². The molecule has 1 aliphatic rings. The highest BCUT2D eigenvalue weighted by molar-refractivity contribution is 8.00. The van der Waals surface area contributed by atoms with Crippen LogP contribution in [0.3, 0.4) is 0 Å². The largest absolute Gasteiger partial charge is 0.484 e. The monoisotopic (exact) mass is 409 g/mol. The van der Waals surface area contributed by atoms with Crippen LogP contribution in [0.2, 0.25) is 5.02 Å². The van der Waals surface area contributed by atoms with E-state index in [1.54, 1.807) is 24.3 Å². The summed E-state index contributed by atoms with van der Waals surface area (Å²) < 4.78 is 11.2. The van der Waals surface area contributed by atoms with Gasteiger partial charge in [-0.25, -0.2) is 0 Å². The molecule has 0 aliphatic heterocycles. The van der Waals surface area contributed by atoms with Crippen molar-refractivity contribution in [3.63, 3.8) is 0 Å². The zero-order valence-corrected chi connectivity index (χ0v) is 16.9. The summed E-state index contributed by atoms with van der Waals surface area (Å²) in [4.78, 5) is 12.4. The minimum atomic E-state index is -0.293. The Morgan fingerprint density at radius 3 is 2.67 bits per heavy atom. The van der Waals surface area contributed by atoms with E-state index in [-0.39, 0.29) is 23.8 Å². The Hall–Kier alpha value is -1.73. The van der Waals surface area contributed by atoms with E-state index >= 15 is 0 Å². The Bertz CT molecular complexity index is 730. The topological polar surface area (TPSA) is 77.2 Å². The third-order valence-corrected chi connectivity index (χ3v) is 5.66. The molecule has 146 valence electrons. The minimum absolute atomic E-state index is 0.0177. The Labute approximate surface area is 168 Å². The van der Waals surface area contributed by atoms with Crippen molar-refractivity contribution in [3.8, 4) is 5.75 Å². The van der Waals surface area contributed by atoms with Crippen molar-refractivity contribution in [2.75, 3.05) is 0 Å². The molecule has 8 heteroatoms. The first-order valence-corrected chi connectivity index (χ1v) is 10.5. The number of nitrogens with zero attached hydrogens (tertiary/aromatic N) is 2. The number of thioether (sulfide) groups is 1. The number of nitrogens with one attached hydrogen (secondary N) is 1. The average molecular weight is 410 g/mol. The Kier molecular flexibility index (Phi) is 7.41. The summed E-state index contributed by atoms with van der Waals surface area (Å²) in [5.41, 5.74) is 0. The second-order valence-electron chi connectivity index (χ2n) is 6.66. The molecule has 1 saturated carbocycles. The van der Waals surface area contributed by atoms with Gasteiger partial charge in [-0.1, -0.05) is 49.0 Å². The number of carbonyl (C=O) groups is 1. The normalized spacial score (nSPS) is 16.5. The van der Waals surface area contributed by atoms with Crippen LogP contribution < -0.4 is 10.1 Å². The highest BCUT2D eigenvalue weighted by atomic mass is 35.5. The lowest BCUT2D eigenvalue weighted by Crippen LogP contribution is -2.39. The molecule has 1 atom stereocenters. The molecule has 1 aromatic carbocycles. The second-order valence-corrected chi connectivity index (χ2v) is 8.39. The van der Waals surface area contributed by atoms with Crippen LogP contribution in [0, 0.1) is 0 Å². The summed E-state index contributed by atoms with van der Waals surface area (Å²) in [6.07, 6.45) is 7.03.